The van der Waals surface area contributed by atoms with E-state index in [1.165, 1.54) is 4.90 Å². The molecule has 0 radical (unpaired) electrons. The number of hydrogen-bond acceptors (Lipinski definition) is 4. The zero-order valence-electron chi connectivity index (χ0n) is 19.3. The Morgan fingerprint density at radius 2 is 1.67 bits per heavy atom. The first-order valence-electron chi connectivity index (χ1n) is 11.4. The molecule has 33 heavy (non-hydrogen) atoms. The Hall–Kier alpha value is -3.35. The van der Waals surface area contributed by atoms with E-state index in [4.69, 9.17) is 4.74 Å². The van der Waals surface area contributed by atoms with E-state index in [-0.39, 0.29) is 12.5 Å². The van der Waals surface area contributed by atoms with Crippen molar-refractivity contribution >= 4 is 18.0 Å². The van der Waals surface area contributed by atoms with Gasteiger partial charge in [-0.25, -0.2) is 9.59 Å². The zero-order valence-corrected chi connectivity index (χ0v) is 19.3. The summed E-state index contributed by atoms with van der Waals surface area (Å²) in [7, 11) is 0. The number of carbonyl (C=O) groups excluding carboxylic acids is 2. The van der Waals surface area contributed by atoms with E-state index in [2.05, 4.69) is 17.4 Å². The molecule has 2 aromatic carbocycles. The number of hydrogen-bond donors (Lipinski definition) is 2. The van der Waals surface area contributed by atoms with Crippen molar-refractivity contribution in [1.29, 1.82) is 0 Å². The van der Waals surface area contributed by atoms with Gasteiger partial charge in [0.25, 0.3) is 0 Å². The molecular formula is C26H30N2O5. The van der Waals surface area contributed by atoms with Crippen LogP contribution in [0, 0.1) is 0 Å². The number of carbonyl (C=O) groups is 3. The Morgan fingerprint density at radius 3 is 2.21 bits per heavy atom. The lowest BCUT2D eigenvalue weighted by atomic mass is 9.91. The third kappa shape index (κ3) is 3.86. The Balaban J connectivity index is 1.45. The highest BCUT2D eigenvalue weighted by Crippen LogP contribution is 2.44. The molecule has 1 aliphatic carbocycles. The Kier molecular flexibility index (Phi) is 5.91. The molecule has 2 N–H and O–H groups in total. The summed E-state index contributed by atoms with van der Waals surface area (Å²) >= 11 is 0. The van der Waals surface area contributed by atoms with Crippen molar-refractivity contribution in [2.24, 2.45) is 0 Å². The second kappa shape index (κ2) is 8.54. The molecule has 0 bridgehead atoms. The van der Waals surface area contributed by atoms with Gasteiger partial charge in [-0.2, -0.15) is 0 Å². The summed E-state index contributed by atoms with van der Waals surface area (Å²) in [6, 6.07) is 16.1. The van der Waals surface area contributed by atoms with Crippen LogP contribution in [0.15, 0.2) is 48.5 Å². The van der Waals surface area contributed by atoms with Crippen molar-refractivity contribution < 1.29 is 24.2 Å². The molecule has 2 amide bonds. The molecule has 4 rings (SSSR count). The number of fused-ring (bicyclic) bond motifs is 3. The molecule has 2 aromatic rings. The third-order valence-corrected chi connectivity index (χ3v) is 7.01. The Labute approximate surface area is 193 Å². The number of alkyl carbamates (subject to hydrolysis) is 1. The molecule has 1 unspecified atom stereocenters. The molecule has 1 heterocycles. The van der Waals surface area contributed by atoms with Crippen LogP contribution >= 0.6 is 0 Å². The number of carboxylic acids is 1. The van der Waals surface area contributed by atoms with Crippen molar-refractivity contribution in [1.82, 2.24) is 10.2 Å². The quantitative estimate of drug-likeness (QED) is 0.689. The molecule has 1 atom stereocenters. The van der Waals surface area contributed by atoms with E-state index in [0.717, 1.165) is 22.3 Å². The normalized spacial score (nSPS) is 19.7. The summed E-state index contributed by atoms with van der Waals surface area (Å²) in [6.45, 7) is 5.43. The summed E-state index contributed by atoms with van der Waals surface area (Å²) < 4.78 is 5.58. The van der Waals surface area contributed by atoms with Crippen LogP contribution in [0.2, 0.25) is 0 Å². The minimum atomic E-state index is -1.30. The smallest absolute Gasteiger partial charge is 0.408 e. The molecule has 7 nitrogen and oxygen atoms in total. The number of nitrogens with zero attached hydrogens (tertiary/aromatic N) is 1. The maximum atomic E-state index is 13.3. The SMILES string of the molecule is CCC1(C(=O)O)CCCN1C(=O)C(C)(C)NC(=O)OCC1c2ccccc2-c2ccccc21. The van der Waals surface area contributed by atoms with Gasteiger partial charge >= 0.3 is 12.1 Å². The largest absolute Gasteiger partial charge is 0.479 e. The third-order valence-electron chi connectivity index (χ3n) is 7.01. The van der Waals surface area contributed by atoms with Crippen LogP contribution in [0.4, 0.5) is 4.79 Å². The predicted molar refractivity (Wildman–Crippen MR) is 124 cm³/mol. The molecule has 7 heteroatoms. The van der Waals surface area contributed by atoms with Crippen molar-refractivity contribution in [2.75, 3.05) is 13.2 Å². The van der Waals surface area contributed by atoms with Gasteiger partial charge in [0.1, 0.15) is 17.7 Å². The summed E-state index contributed by atoms with van der Waals surface area (Å²) in [6.07, 6.45) is 0.639. The lowest BCUT2D eigenvalue weighted by molar-refractivity contribution is -0.159. The van der Waals surface area contributed by atoms with Gasteiger partial charge in [-0.1, -0.05) is 55.5 Å². The minimum absolute atomic E-state index is 0.0831. The van der Waals surface area contributed by atoms with Crippen LogP contribution in [-0.2, 0) is 14.3 Å². The van der Waals surface area contributed by atoms with Gasteiger partial charge in [0.2, 0.25) is 5.91 Å². The average molecular weight is 451 g/mol. The highest BCUT2D eigenvalue weighted by atomic mass is 16.5. The molecule has 2 aliphatic rings. The van der Waals surface area contributed by atoms with Crippen LogP contribution in [0.3, 0.4) is 0 Å². The van der Waals surface area contributed by atoms with Crippen LogP contribution in [-0.4, -0.2) is 52.2 Å². The second-order valence-electron chi connectivity index (χ2n) is 9.33. The van der Waals surface area contributed by atoms with Crippen LogP contribution in [0.5, 0.6) is 0 Å². The molecule has 1 saturated heterocycles. The number of aliphatic carboxylic acids is 1. The standard InChI is InChI=1S/C26H30N2O5/c1-4-26(23(30)31)14-9-15-28(26)22(29)25(2,3)27-24(32)33-16-21-19-12-7-5-10-17(19)18-11-6-8-13-20(18)21/h5-8,10-13,21H,4,9,14-16H2,1-3H3,(H,27,32)(H,30,31). The van der Waals surface area contributed by atoms with Gasteiger partial charge in [0.15, 0.2) is 0 Å². The first-order chi connectivity index (χ1) is 15.7. The van der Waals surface area contributed by atoms with E-state index < -0.39 is 29.0 Å². The summed E-state index contributed by atoms with van der Waals surface area (Å²) in [5.74, 6) is -1.51. The Bertz CT molecular complexity index is 1050. The minimum Gasteiger partial charge on any atom is -0.479 e. The number of carboxylic acid groups (broad SMARTS) is 1. The first-order valence-corrected chi connectivity index (χ1v) is 11.4. The number of ether oxygens (including phenoxy) is 1. The highest BCUT2D eigenvalue weighted by molar-refractivity contribution is 5.94. The topological polar surface area (TPSA) is 95.9 Å². The monoisotopic (exact) mass is 450 g/mol. The van der Waals surface area contributed by atoms with Gasteiger partial charge in [0.05, 0.1) is 0 Å². The van der Waals surface area contributed by atoms with E-state index in [1.54, 1.807) is 20.8 Å². The Morgan fingerprint density at radius 1 is 1.09 bits per heavy atom. The molecular weight excluding hydrogens is 420 g/mol. The molecule has 1 aliphatic heterocycles. The predicted octanol–water partition coefficient (Wildman–Crippen LogP) is 4.16. The van der Waals surface area contributed by atoms with Crippen LogP contribution in [0.1, 0.15) is 57.1 Å². The highest BCUT2D eigenvalue weighted by Gasteiger charge is 2.51. The fraction of sp³-hybridized carbons (Fsp3) is 0.423. The summed E-state index contributed by atoms with van der Waals surface area (Å²) in [4.78, 5) is 39.3. The second-order valence-corrected chi connectivity index (χ2v) is 9.33. The first kappa shape index (κ1) is 22.8. The molecule has 0 spiro atoms. The van der Waals surface area contributed by atoms with Crippen molar-refractivity contribution in [2.45, 2.75) is 57.0 Å². The number of rotatable bonds is 6. The van der Waals surface area contributed by atoms with Gasteiger partial charge in [-0.3, -0.25) is 4.79 Å². The average Bonchev–Trinajstić information content (AvgIpc) is 3.37. The number of amides is 2. The number of likely N-dealkylation sites (tertiary alicyclic amines) is 1. The van der Waals surface area contributed by atoms with Gasteiger partial charge < -0.3 is 20.1 Å². The summed E-state index contributed by atoms with van der Waals surface area (Å²) in [5.41, 5.74) is 1.95. The van der Waals surface area contributed by atoms with Gasteiger partial charge in [-0.15, -0.1) is 0 Å². The molecule has 174 valence electrons. The van der Waals surface area contributed by atoms with E-state index in [1.807, 2.05) is 36.4 Å². The fourth-order valence-corrected chi connectivity index (χ4v) is 5.20. The molecule has 1 fully saturated rings. The maximum absolute atomic E-state index is 13.3. The van der Waals surface area contributed by atoms with Crippen molar-refractivity contribution in [3.05, 3.63) is 59.7 Å². The number of benzene rings is 2. The lowest BCUT2D eigenvalue weighted by Gasteiger charge is -2.38. The zero-order chi connectivity index (χ0) is 23.8. The van der Waals surface area contributed by atoms with E-state index in [0.29, 0.717) is 25.8 Å². The van der Waals surface area contributed by atoms with Crippen molar-refractivity contribution in [3.63, 3.8) is 0 Å². The number of nitrogens with one attached hydrogen (secondary N) is 1. The van der Waals surface area contributed by atoms with Crippen LogP contribution < -0.4 is 5.32 Å². The fourth-order valence-electron chi connectivity index (χ4n) is 5.20. The molecule has 0 aromatic heterocycles. The van der Waals surface area contributed by atoms with Gasteiger partial charge in [0, 0.05) is 12.5 Å². The summed E-state index contributed by atoms with van der Waals surface area (Å²) in [5, 5.41) is 12.5. The van der Waals surface area contributed by atoms with E-state index in [9.17, 15) is 19.5 Å². The lowest BCUT2D eigenvalue weighted by Crippen LogP contribution is -2.62. The maximum Gasteiger partial charge on any atom is 0.408 e. The van der Waals surface area contributed by atoms with Crippen LogP contribution in [0.25, 0.3) is 11.1 Å². The van der Waals surface area contributed by atoms with E-state index >= 15 is 0 Å². The van der Waals surface area contributed by atoms with Gasteiger partial charge in [-0.05, 0) is 55.4 Å². The van der Waals surface area contributed by atoms with Crippen molar-refractivity contribution in [3.8, 4) is 11.1 Å². The molecule has 0 saturated carbocycles.